The van der Waals surface area contributed by atoms with Gasteiger partial charge in [-0.1, -0.05) is 0 Å². The fourth-order valence-corrected chi connectivity index (χ4v) is 1.26. The molecule has 1 amide bonds. The molecule has 0 radical (unpaired) electrons. The average molecular weight is 193 g/mol. The van der Waals surface area contributed by atoms with E-state index >= 15 is 0 Å². The van der Waals surface area contributed by atoms with Gasteiger partial charge in [0, 0.05) is 0 Å². The molecule has 6 nitrogen and oxygen atoms in total. The predicted octanol–water partition coefficient (Wildman–Crippen LogP) is -0.402. The Labute approximate surface area is 79.0 Å². The molecule has 1 aliphatic heterocycles. The Morgan fingerprint density at radius 2 is 2.43 bits per heavy atom. The zero-order valence-corrected chi connectivity index (χ0v) is 7.15. The number of nitrogens with zero attached hydrogens (tertiary/aromatic N) is 2. The lowest BCUT2D eigenvalue weighted by Gasteiger charge is -1.98. The number of hydrogen-bond acceptors (Lipinski definition) is 4. The van der Waals surface area contributed by atoms with Crippen molar-refractivity contribution in [3.8, 4) is 0 Å². The van der Waals surface area contributed by atoms with Crippen molar-refractivity contribution in [3.05, 3.63) is 17.7 Å². The SMILES string of the molecule is O=C(O)Cc1ncc2c(n1)CC(=O)N2. The zero-order chi connectivity index (χ0) is 10.1. The molecule has 0 unspecified atom stereocenters. The molecule has 1 aliphatic rings. The summed E-state index contributed by atoms with van der Waals surface area (Å²) in [6.45, 7) is 0. The first kappa shape index (κ1) is 8.61. The van der Waals surface area contributed by atoms with Crippen molar-refractivity contribution >= 4 is 17.6 Å². The van der Waals surface area contributed by atoms with Gasteiger partial charge in [-0.25, -0.2) is 9.97 Å². The first-order chi connectivity index (χ1) is 6.65. The zero-order valence-electron chi connectivity index (χ0n) is 7.15. The van der Waals surface area contributed by atoms with Crippen LogP contribution in [0.4, 0.5) is 5.69 Å². The topological polar surface area (TPSA) is 92.2 Å². The lowest BCUT2D eigenvalue weighted by atomic mass is 10.3. The lowest BCUT2D eigenvalue weighted by Crippen LogP contribution is -2.05. The van der Waals surface area contributed by atoms with Crippen LogP contribution in [-0.2, 0) is 22.4 Å². The number of nitrogens with one attached hydrogen (secondary N) is 1. The summed E-state index contributed by atoms with van der Waals surface area (Å²) in [5, 5.41) is 11.1. The van der Waals surface area contributed by atoms with Crippen LogP contribution in [0.5, 0.6) is 0 Å². The van der Waals surface area contributed by atoms with Crippen molar-refractivity contribution in [2.45, 2.75) is 12.8 Å². The Kier molecular flexibility index (Phi) is 1.88. The summed E-state index contributed by atoms with van der Waals surface area (Å²) in [6, 6.07) is 0. The van der Waals surface area contributed by atoms with E-state index in [4.69, 9.17) is 5.11 Å². The summed E-state index contributed by atoms with van der Waals surface area (Å²) in [7, 11) is 0. The van der Waals surface area contributed by atoms with Crippen molar-refractivity contribution in [1.29, 1.82) is 0 Å². The Hall–Kier alpha value is -1.98. The standard InChI is InChI=1S/C8H7N3O3/c12-7-1-4-5(11-7)3-9-6(10-4)2-8(13)14/h3H,1-2H2,(H,11,12)(H,13,14). The Balaban J connectivity index is 2.28. The molecule has 0 spiro atoms. The van der Waals surface area contributed by atoms with Crippen molar-refractivity contribution in [3.63, 3.8) is 0 Å². The van der Waals surface area contributed by atoms with Gasteiger partial charge in [-0.3, -0.25) is 9.59 Å². The molecule has 2 N–H and O–H groups in total. The Bertz CT molecular complexity index is 416. The summed E-state index contributed by atoms with van der Waals surface area (Å²) in [4.78, 5) is 29.1. The van der Waals surface area contributed by atoms with Crippen molar-refractivity contribution in [2.75, 3.05) is 5.32 Å². The molecule has 1 aromatic heterocycles. The molecule has 0 atom stereocenters. The fraction of sp³-hybridized carbons (Fsp3) is 0.250. The molecule has 0 bridgehead atoms. The number of amides is 1. The van der Waals surface area contributed by atoms with Crippen LogP contribution in [0.15, 0.2) is 6.20 Å². The van der Waals surface area contributed by atoms with Gasteiger partial charge >= 0.3 is 5.97 Å². The number of rotatable bonds is 2. The summed E-state index contributed by atoms with van der Waals surface area (Å²) in [5.74, 6) is -0.892. The number of carbonyl (C=O) groups excluding carboxylic acids is 1. The number of carboxylic acid groups (broad SMARTS) is 1. The number of anilines is 1. The number of aromatic nitrogens is 2. The summed E-state index contributed by atoms with van der Waals surface area (Å²) in [5.41, 5.74) is 1.14. The lowest BCUT2D eigenvalue weighted by molar-refractivity contribution is -0.136. The van der Waals surface area contributed by atoms with Crippen LogP contribution in [0, 0.1) is 0 Å². The molecule has 0 aromatic carbocycles. The number of carbonyl (C=O) groups is 2. The van der Waals surface area contributed by atoms with Gasteiger partial charge in [0.15, 0.2) is 0 Å². The quantitative estimate of drug-likeness (QED) is 0.666. The van der Waals surface area contributed by atoms with Gasteiger partial charge < -0.3 is 10.4 Å². The van der Waals surface area contributed by atoms with Crippen LogP contribution in [0.3, 0.4) is 0 Å². The van der Waals surface area contributed by atoms with Gasteiger partial charge in [0.25, 0.3) is 0 Å². The molecule has 0 saturated heterocycles. The highest BCUT2D eigenvalue weighted by atomic mass is 16.4. The second-order valence-electron chi connectivity index (χ2n) is 2.94. The molecule has 14 heavy (non-hydrogen) atoms. The number of hydrogen-bond donors (Lipinski definition) is 2. The minimum Gasteiger partial charge on any atom is -0.481 e. The minimum atomic E-state index is -0.984. The van der Waals surface area contributed by atoms with Gasteiger partial charge in [-0.2, -0.15) is 0 Å². The molecule has 0 aliphatic carbocycles. The van der Waals surface area contributed by atoms with E-state index in [-0.39, 0.29) is 24.6 Å². The molecule has 0 saturated carbocycles. The summed E-state index contributed by atoms with van der Waals surface area (Å²) in [6.07, 6.45) is 1.41. The van der Waals surface area contributed by atoms with Crippen LogP contribution in [0.1, 0.15) is 11.5 Å². The molecule has 6 heteroatoms. The molecule has 2 heterocycles. The van der Waals surface area contributed by atoms with Gasteiger partial charge in [0.1, 0.15) is 12.2 Å². The largest absolute Gasteiger partial charge is 0.481 e. The van der Waals surface area contributed by atoms with Crippen molar-refractivity contribution in [1.82, 2.24) is 9.97 Å². The van der Waals surface area contributed by atoms with Gasteiger partial charge in [-0.05, 0) is 0 Å². The van der Waals surface area contributed by atoms with E-state index in [1.54, 1.807) is 0 Å². The second-order valence-corrected chi connectivity index (χ2v) is 2.94. The Morgan fingerprint density at radius 3 is 3.14 bits per heavy atom. The highest BCUT2D eigenvalue weighted by Crippen LogP contribution is 2.19. The normalized spacial score (nSPS) is 13.6. The molecule has 1 aromatic rings. The maximum atomic E-state index is 10.9. The molecule has 72 valence electrons. The highest BCUT2D eigenvalue weighted by molar-refractivity contribution is 5.98. The maximum absolute atomic E-state index is 10.9. The monoisotopic (exact) mass is 193 g/mol. The van der Waals surface area contributed by atoms with Crippen LogP contribution in [0.25, 0.3) is 0 Å². The third-order valence-electron chi connectivity index (χ3n) is 1.83. The molecular weight excluding hydrogens is 186 g/mol. The number of carboxylic acids is 1. The summed E-state index contributed by atoms with van der Waals surface area (Å²) < 4.78 is 0. The number of fused-ring (bicyclic) bond motifs is 1. The predicted molar refractivity (Wildman–Crippen MR) is 45.7 cm³/mol. The van der Waals surface area contributed by atoms with E-state index in [2.05, 4.69) is 15.3 Å². The molecule has 0 fully saturated rings. The second kappa shape index (κ2) is 3.06. The van der Waals surface area contributed by atoms with E-state index in [0.717, 1.165) is 0 Å². The third kappa shape index (κ3) is 1.54. The van der Waals surface area contributed by atoms with Crippen LogP contribution >= 0.6 is 0 Å². The fourth-order valence-electron chi connectivity index (χ4n) is 1.26. The first-order valence-electron chi connectivity index (χ1n) is 4.01. The van der Waals surface area contributed by atoms with Gasteiger partial charge in [0.05, 0.1) is 24.0 Å². The Morgan fingerprint density at radius 1 is 1.64 bits per heavy atom. The van der Waals surface area contributed by atoms with Gasteiger partial charge in [0.2, 0.25) is 5.91 Å². The highest BCUT2D eigenvalue weighted by Gasteiger charge is 2.20. The van der Waals surface area contributed by atoms with E-state index < -0.39 is 5.97 Å². The summed E-state index contributed by atoms with van der Waals surface area (Å²) >= 11 is 0. The minimum absolute atomic E-state index is 0.137. The van der Waals surface area contributed by atoms with E-state index in [1.165, 1.54) is 6.20 Å². The molecular formula is C8H7N3O3. The number of aliphatic carboxylic acids is 1. The van der Waals surface area contributed by atoms with E-state index in [9.17, 15) is 9.59 Å². The van der Waals surface area contributed by atoms with E-state index in [1.807, 2.05) is 0 Å². The smallest absolute Gasteiger partial charge is 0.311 e. The van der Waals surface area contributed by atoms with Crippen molar-refractivity contribution in [2.24, 2.45) is 0 Å². The van der Waals surface area contributed by atoms with Crippen LogP contribution < -0.4 is 5.32 Å². The average Bonchev–Trinajstić information content (AvgIpc) is 2.42. The van der Waals surface area contributed by atoms with Gasteiger partial charge in [-0.15, -0.1) is 0 Å². The van der Waals surface area contributed by atoms with Crippen LogP contribution in [-0.4, -0.2) is 27.0 Å². The third-order valence-corrected chi connectivity index (χ3v) is 1.83. The van der Waals surface area contributed by atoms with Crippen molar-refractivity contribution < 1.29 is 14.7 Å². The first-order valence-corrected chi connectivity index (χ1v) is 4.01. The van der Waals surface area contributed by atoms with E-state index in [0.29, 0.717) is 11.4 Å². The van der Waals surface area contributed by atoms with Crippen LogP contribution in [0.2, 0.25) is 0 Å². The molecule has 2 rings (SSSR count). The maximum Gasteiger partial charge on any atom is 0.311 e.